The van der Waals surface area contributed by atoms with Gasteiger partial charge in [0.05, 0.1) is 0 Å². The van der Waals surface area contributed by atoms with Gasteiger partial charge in [-0.2, -0.15) is 0 Å². The quantitative estimate of drug-likeness (QED) is 0.680. The molecule has 2 rings (SSSR count). The maximum atomic E-state index is 12.5. The fraction of sp³-hybridized carbons (Fsp3) is 0.381. The molecule has 3 nitrogen and oxygen atoms in total. The number of quaternary nitrogens is 1. The molecule has 0 aliphatic rings. The second-order valence-corrected chi connectivity index (χ2v) is 7.13. The Labute approximate surface area is 159 Å². The second-order valence-electron chi connectivity index (χ2n) is 6.21. The first-order valence-corrected chi connectivity index (χ1v) is 9.87. The van der Waals surface area contributed by atoms with Gasteiger partial charge in [-0.05, 0) is 36.1 Å². The lowest BCUT2D eigenvalue weighted by atomic mass is 10.0. The maximum Gasteiger partial charge on any atom is 0.279 e. The van der Waals surface area contributed by atoms with E-state index in [9.17, 15) is 4.79 Å². The van der Waals surface area contributed by atoms with E-state index in [0.29, 0.717) is 12.6 Å². The van der Waals surface area contributed by atoms with Gasteiger partial charge in [-0.3, -0.25) is 4.79 Å². The molecule has 0 radical (unpaired) electrons. The molecule has 0 aliphatic carbocycles. The minimum Gasteiger partial charge on any atom is -0.332 e. The summed E-state index contributed by atoms with van der Waals surface area (Å²) in [6.07, 6.45) is 2.83. The lowest BCUT2D eigenvalue weighted by Crippen LogP contribution is -2.87. The normalized spacial score (nSPS) is 12.0. The Morgan fingerprint density at radius 1 is 1.04 bits per heavy atom. The zero-order valence-corrected chi connectivity index (χ0v) is 16.9. The van der Waals surface area contributed by atoms with Crippen LogP contribution < -0.4 is 10.6 Å². The van der Waals surface area contributed by atoms with Crippen LogP contribution in [0, 0.1) is 0 Å². The fourth-order valence-electron chi connectivity index (χ4n) is 3.09. The molecule has 0 aromatic heterocycles. The van der Waals surface area contributed by atoms with E-state index in [-0.39, 0.29) is 5.91 Å². The van der Waals surface area contributed by atoms with Gasteiger partial charge in [0.25, 0.3) is 5.91 Å². The molecule has 0 fully saturated rings. The van der Waals surface area contributed by atoms with Crippen LogP contribution in [0.5, 0.6) is 0 Å². The summed E-state index contributed by atoms with van der Waals surface area (Å²) in [6, 6.07) is 14.9. The second kappa shape index (κ2) is 9.73. The number of hydrogen-bond acceptors (Lipinski definition) is 1. The third-order valence-corrected chi connectivity index (χ3v) is 5.12. The number of aryl methyl sites for hydroxylation is 2. The minimum absolute atomic E-state index is 0.0613. The van der Waals surface area contributed by atoms with E-state index < -0.39 is 0 Å². The van der Waals surface area contributed by atoms with Crippen molar-refractivity contribution in [1.82, 2.24) is 0 Å². The Bertz CT molecular complexity index is 675. The standard InChI is InChI=1S/C21H27BrN2O/c1-4-15-8-7-9-16(5-2)21(15)24-20(25)14-23-19(6-3)17-10-12-18(22)13-11-17/h7-13,19,23H,4-6,14H2,1-3H3,(H,24,25)/p+1/t19-/m1/s1. The number of nitrogens with two attached hydrogens (primary N) is 1. The predicted octanol–water partition coefficient (Wildman–Crippen LogP) is 4.23. The van der Waals surface area contributed by atoms with E-state index in [1.54, 1.807) is 0 Å². The van der Waals surface area contributed by atoms with Gasteiger partial charge >= 0.3 is 0 Å². The molecule has 1 atom stereocenters. The SMILES string of the molecule is CCc1cccc(CC)c1NC(=O)C[NH2+][C@H](CC)c1ccc(Br)cc1. The Morgan fingerprint density at radius 2 is 1.64 bits per heavy atom. The van der Waals surface area contributed by atoms with Crippen molar-refractivity contribution in [3.63, 3.8) is 0 Å². The number of halogens is 1. The number of carbonyl (C=O) groups is 1. The average Bonchev–Trinajstić information content (AvgIpc) is 2.63. The van der Waals surface area contributed by atoms with Crippen molar-refractivity contribution in [3.05, 3.63) is 63.6 Å². The fourth-order valence-corrected chi connectivity index (χ4v) is 3.36. The molecule has 0 heterocycles. The number of anilines is 1. The molecule has 134 valence electrons. The summed E-state index contributed by atoms with van der Waals surface area (Å²) < 4.78 is 1.08. The van der Waals surface area contributed by atoms with Crippen LogP contribution in [0.3, 0.4) is 0 Å². The van der Waals surface area contributed by atoms with Crippen LogP contribution in [0.25, 0.3) is 0 Å². The van der Waals surface area contributed by atoms with Crippen LogP contribution >= 0.6 is 15.9 Å². The Kier molecular flexibility index (Phi) is 7.66. The lowest BCUT2D eigenvalue weighted by molar-refractivity contribution is -0.686. The molecule has 2 aromatic rings. The summed E-state index contributed by atoms with van der Waals surface area (Å²) >= 11 is 3.47. The van der Waals surface area contributed by atoms with Gasteiger partial charge < -0.3 is 10.6 Å². The Morgan fingerprint density at radius 3 is 2.16 bits per heavy atom. The molecular formula is C21H28BrN2O+. The molecule has 1 amide bonds. The van der Waals surface area contributed by atoms with Crippen LogP contribution in [0.2, 0.25) is 0 Å². The van der Waals surface area contributed by atoms with E-state index in [0.717, 1.165) is 29.4 Å². The van der Waals surface area contributed by atoms with E-state index in [2.05, 4.69) is 89.8 Å². The number of hydrogen-bond donors (Lipinski definition) is 2. The predicted molar refractivity (Wildman–Crippen MR) is 108 cm³/mol. The molecule has 0 spiro atoms. The van der Waals surface area contributed by atoms with Crippen molar-refractivity contribution < 1.29 is 10.1 Å². The monoisotopic (exact) mass is 403 g/mol. The van der Waals surface area contributed by atoms with Crippen molar-refractivity contribution in [2.75, 3.05) is 11.9 Å². The first-order valence-electron chi connectivity index (χ1n) is 9.08. The van der Waals surface area contributed by atoms with E-state index >= 15 is 0 Å². The van der Waals surface area contributed by atoms with E-state index in [1.165, 1.54) is 16.7 Å². The van der Waals surface area contributed by atoms with Crippen LogP contribution in [0.1, 0.15) is 49.9 Å². The van der Waals surface area contributed by atoms with Gasteiger partial charge in [-0.1, -0.05) is 67.0 Å². The lowest BCUT2D eigenvalue weighted by Gasteiger charge is -2.16. The van der Waals surface area contributed by atoms with Crippen LogP contribution in [-0.2, 0) is 17.6 Å². The summed E-state index contributed by atoms with van der Waals surface area (Å²) in [6.45, 7) is 6.83. The van der Waals surface area contributed by atoms with Crippen molar-refractivity contribution in [3.8, 4) is 0 Å². The average molecular weight is 404 g/mol. The first-order chi connectivity index (χ1) is 12.1. The summed E-state index contributed by atoms with van der Waals surface area (Å²) in [5.41, 5.74) is 4.66. The van der Waals surface area contributed by atoms with Gasteiger partial charge in [0.1, 0.15) is 6.04 Å². The molecule has 0 unspecified atom stereocenters. The van der Waals surface area contributed by atoms with Crippen LogP contribution in [-0.4, -0.2) is 12.5 Å². The number of nitrogens with one attached hydrogen (secondary N) is 1. The molecule has 0 bridgehead atoms. The van der Waals surface area contributed by atoms with Crippen molar-refractivity contribution >= 4 is 27.5 Å². The van der Waals surface area contributed by atoms with Crippen LogP contribution in [0.4, 0.5) is 5.69 Å². The summed E-state index contributed by atoms with van der Waals surface area (Å²) in [4.78, 5) is 12.5. The molecule has 0 saturated carbocycles. The maximum absolute atomic E-state index is 12.5. The molecule has 0 saturated heterocycles. The van der Waals surface area contributed by atoms with Crippen molar-refractivity contribution in [1.29, 1.82) is 0 Å². The zero-order chi connectivity index (χ0) is 18.2. The molecule has 3 N–H and O–H groups in total. The number of para-hydroxylation sites is 1. The van der Waals surface area contributed by atoms with Crippen molar-refractivity contribution in [2.45, 2.75) is 46.1 Å². The minimum atomic E-state index is 0.0613. The Hall–Kier alpha value is -1.65. The molecule has 2 aromatic carbocycles. The van der Waals surface area contributed by atoms with Gasteiger partial charge in [0, 0.05) is 22.1 Å². The summed E-state index contributed by atoms with van der Waals surface area (Å²) in [5.74, 6) is 0.0613. The number of amides is 1. The first kappa shape index (κ1) is 19.7. The molecular weight excluding hydrogens is 376 g/mol. The molecule has 25 heavy (non-hydrogen) atoms. The van der Waals surface area contributed by atoms with Gasteiger partial charge in [-0.15, -0.1) is 0 Å². The van der Waals surface area contributed by atoms with Gasteiger partial charge in [-0.25, -0.2) is 0 Å². The highest BCUT2D eigenvalue weighted by Crippen LogP contribution is 2.22. The number of benzene rings is 2. The molecule has 4 heteroatoms. The zero-order valence-electron chi connectivity index (χ0n) is 15.3. The highest BCUT2D eigenvalue weighted by molar-refractivity contribution is 9.10. The van der Waals surface area contributed by atoms with Gasteiger partial charge in [0.15, 0.2) is 6.54 Å². The number of rotatable bonds is 8. The van der Waals surface area contributed by atoms with Gasteiger partial charge in [0.2, 0.25) is 0 Å². The Balaban J connectivity index is 2.01. The largest absolute Gasteiger partial charge is 0.332 e. The summed E-state index contributed by atoms with van der Waals surface area (Å²) in [7, 11) is 0. The van der Waals surface area contributed by atoms with Crippen LogP contribution in [0.15, 0.2) is 46.9 Å². The van der Waals surface area contributed by atoms with E-state index in [4.69, 9.17) is 0 Å². The molecule has 0 aliphatic heterocycles. The van der Waals surface area contributed by atoms with E-state index in [1.807, 2.05) is 0 Å². The third-order valence-electron chi connectivity index (χ3n) is 4.59. The summed E-state index contributed by atoms with van der Waals surface area (Å²) in [5, 5.41) is 5.27. The smallest absolute Gasteiger partial charge is 0.279 e. The topological polar surface area (TPSA) is 45.7 Å². The third kappa shape index (κ3) is 5.41. The number of carbonyl (C=O) groups excluding carboxylic acids is 1. The highest BCUT2D eigenvalue weighted by atomic mass is 79.9. The van der Waals surface area contributed by atoms with Crippen molar-refractivity contribution in [2.24, 2.45) is 0 Å². The highest BCUT2D eigenvalue weighted by Gasteiger charge is 2.16.